The van der Waals surface area contributed by atoms with Crippen LogP contribution in [-0.2, 0) is 11.8 Å². The van der Waals surface area contributed by atoms with Gasteiger partial charge in [-0.1, -0.05) is 40.2 Å². The highest BCUT2D eigenvalue weighted by molar-refractivity contribution is 8.00. The second kappa shape index (κ2) is 7.99. The quantitative estimate of drug-likeness (QED) is 0.535. The maximum Gasteiger partial charge on any atom is 0.302 e. The van der Waals surface area contributed by atoms with E-state index in [0.29, 0.717) is 21.3 Å². The summed E-state index contributed by atoms with van der Waals surface area (Å²) in [6.07, 6.45) is 1.54. The maximum atomic E-state index is 12.0. The van der Waals surface area contributed by atoms with Crippen LogP contribution in [0.4, 0.5) is 5.88 Å². The number of halogens is 1. The lowest BCUT2D eigenvalue weighted by Gasteiger charge is -2.06. The molecule has 1 amide bonds. The Kier molecular flexibility index (Phi) is 5.51. The van der Waals surface area contributed by atoms with Crippen molar-refractivity contribution in [3.05, 3.63) is 53.2 Å². The van der Waals surface area contributed by atoms with Crippen molar-refractivity contribution in [3.8, 4) is 17.3 Å². The zero-order chi connectivity index (χ0) is 18.5. The average Bonchev–Trinajstić information content (AvgIpc) is 3.05. The molecule has 3 rings (SSSR count). The topological polar surface area (TPSA) is 95.7 Å². The Bertz CT molecular complexity index is 982. The molecule has 0 fully saturated rings. The third-order valence-corrected chi connectivity index (χ3v) is 4.54. The van der Waals surface area contributed by atoms with E-state index in [4.69, 9.17) is 16.1 Å². The average molecular weight is 387 g/mol. The molecule has 1 aromatic carbocycles. The van der Waals surface area contributed by atoms with Gasteiger partial charge in [0, 0.05) is 10.6 Å². The molecule has 0 aliphatic carbocycles. The summed E-state index contributed by atoms with van der Waals surface area (Å²) < 4.78 is 6.35. The summed E-state index contributed by atoms with van der Waals surface area (Å²) in [6, 6.07) is 12.8. The summed E-state index contributed by atoms with van der Waals surface area (Å²) in [7, 11) is 1.68. The lowest BCUT2D eigenvalue weighted by Crippen LogP contribution is -2.28. The van der Waals surface area contributed by atoms with Gasteiger partial charge in [0.2, 0.25) is 5.91 Å². The number of pyridine rings is 1. The molecule has 2 aromatic heterocycles. The van der Waals surface area contributed by atoms with Gasteiger partial charge in [-0.2, -0.15) is 5.26 Å². The van der Waals surface area contributed by atoms with E-state index in [1.165, 1.54) is 16.4 Å². The number of thioether (sulfide) groups is 1. The normalized spacial score (nSPS) is 10.3. The summed E-state index contributed by atoms with van der Waals surface area (Å²) in [5.41, 5.74) is 1.98. The van der Waals surface area contributed by atoms with Crippen LogP contribution in [0.15, 0.2) is 52.1 Å². The first kappa shape index (κ1) is 17.9. The molecular weight excluding hydrogens is 374 g/mol. The SMILES string of the molecule is C[n+]1cc(NC(=O)CSc2nc(-c3ccc(Cl)cc3)ccc2C#N)on1. The highest BCUT2D eigenvalue weighted by Crippen LogP contribution is 2.26. The number of nitrogens with zero attached hydrogens (tertiary/aromatic N) is 4. The number of nitrogens with one attached hydrogen (secondary N) is 1. The first-order valence-electron chi connectivity index (χ1n) is 7.47. The lowest BCUT2D eigenvalue weighted by atomic mass is 10.1. The molecule has 0 unspecified atom stereocenters. The van der Waals surface area contributed by atoms with Crippen LogP contribution in [0.3, 0.4) is 0 Å². The van der Waals surface area contributed by atoms with Gasteiger partial charge in [-0.3, -0.25) is 14.6 Å². The minimum atomic E-state index is -0.283. The molecule has 0 bridgehead atoms. The smallest absolute Gasteiger partial charge is 0.288 e. The number of hydrogen-bond donors (Lipinski definition) is 1. The zero-order valence-corrected chi connectivity index (χ0v) is 15.2. The Hall–Kier alpha value is -2.89. The highest BCUT2D eigenvalue weighted by Gasteiger charge is 2.14. The van der Waals surface area contributed by atoms with Crippen LogP contribution in [0.1, 0.15) is 5.56 Å². The molecule has 0 aliphatic rings. The molecule has 9 heteroatoms. The van der Waals surface area contributed by atoms with Crippen LogP contribution >= 0.6 is 23.4 Å². The molecule has 7 nitrogen and oxygen atoms in total. The van der Waals surface area contributed by atoms with Crippen LogP contribution in [0.25, 0.3) is 11.3 Å². The second-order valence-corrected chi connectivity index (χ2v) is 6.65. The number of aromatic nitrogens is 3. The lowest BCUT2D eigenvalue weighted by molar-refractivity contribution is -0.739. The standard InChI is InChI=1S/C17H12ClN5O2S/c1-23-9-16(25-22-23)21-15(24)10-26-17-12(8-19)4-7-14(20-17)11-2-5-13(18)6-3-11/h2-7,9H,10H2,1H3/p+1. The predicted octanol–water partition coefficient (Wildman–Crippen LogP) is 2.82. The van der Waals surface area contributed by atoms with Crippen molar-refractivity contribution in [1.82, 2.24) is 10.3 Å². The summed E-state index contributed by atoms with van der Waals surface area (Å²) in [4.78, 5) is 16.5. The van der Waals surface area contributed by atoms with E-state index < -0.39 is 0 Å². The minimum absolute atomic E-state index is 0.0795. The third kappa shape index (κ3) is 4.39. The largest absolute Gasteiger partial charge is 0.302 e. The monoisotopic (exact) mass is 386 g/mol. The zero-order valence-electron chi connectivity index (χ0n) is 13.6. The Morgan fingerprint density at radius 1 is 1.35 bits per heavy atom. The molecule has 1 N–H and O–H groups in total. The number of nitriles is 1. The van der Waals surface area contributed by atoms with Crippen molar-refractivity contribution in [2.24, 2.45) is 7.05 Å². The number of carbonyl (C=O) groups is 1. The third-order valence-electron chi connectivity index (χ3n) is 3.30. The fourth-order valence-electron chi connectivity index (χ4n) is 2.10. The summed E-state index contributed by atoms with van der Waals surface area (Å²) in [6.45, 7) is 0. The number of anilines is 1. The first-order chi connectivity index (χ1) is 12.5. The molecule has 2 heterocycles. The molecule has 3 aromatic rings. The molecule has 0 atom stereocenters. The van der Waals surface area contributed by atoms with Crippen LogP contribution in [0, 0.1) is 11.3 Å². The number of hydrogen-bond acceptors (Lipinski definition) is 6. The number of amides is 1. The Balaban J connectivity index is 1.73. The van der Waals surface area contributed by atoms with Crippen molar-refractivity contribution in [3.63, 3.8) is 0 Å². The van der Waals surface area contributed by atoms with E-state index in [1.807, 2.05) is 12.1 Å². The van der Waals surface area contributed by atoms with Gasteiger partial charge in [0.05, 0.1) is 17.0 Å². The van der Waals surface area contributed by atoms with Crippen molar-refractivity contribution >= 4 is 35.2 Å². The predicted molar refractivity (Wildman–Crippen MR) is 96.4 cm³/mol. The van der Waals surface area contributed by atoms with Crippen LogP contribution < -0.4 is 10.00 Å². The number of rotatable bonds is 5. The molecule has 130 valence electrons. The minimum Gasteiger partial charge on any atom is -0.288 e. The maximum absolute atomic E-state index is 12.0. The molecule has 0 aliphatic heterocycles. The Labute approximate surface area is 158 Å². The summed E-state index contributed by atoms with van der Waals surface area (Å²) in [5.74, 6) is 0.0479. The van der Waals surface area contributed by atoms with Crippen LogP contribution in [0.5, 0.6) is 0 Å². The summed E-state index contributed by atoms with van der Waals surface area (Å²) in [5, 5.41) is 16.6. The van der Waals surface area contributed by atoms with E-state index in [-0.39, 0.29) is 17.5 Å². The number of benzene rings is 1. The molecular formula is C17H13ClN5O2S+. The molecule has 0 radical (unpaired) electrons. The van der Waals surface area contributed by atoms with E-state index in [2.05, 4.69) is 21.6 Å². The van der Waals surface area contributed by atoms with Crippen LogP contribution in [0.2, 0.25) is 5.02 Å². The first-order valence-corrected chi connectivity index (χ1v) is 8.84. The molecule has 0 spiro atoms. The van der Waals surface area contributed by atoms with Crippen molar-refractivity contribution in [2.45, 2.75) is 5.03 Å². The Morgan fingerprint density at radius 2 is 2.12 bits per heavy atom. The number of carbonyl (C=O) groups excluding carboxylic acids is 1. The Morgan fingerprint density at radius 3 is 2.77 bits per heavy atom. The molecule has 26 heavy (non-hydrogen) atoms. The van der Waals surface area contributed by atoms with Gasteiger partial charge in [-0.25, -0.2) is 4.98 Å². The molecule has 0 saturated heterocycles. The van der Waals surface area contributed by atoms with Gasteiger partial charge in [-0.05, 0) is 24.3 Å². The van der Waals surface area contributed by atoms with Crippen molar-refractivity contribution in [1.29, 1.82) is 5.26 Å². The van der Waals surface area contributed by atoms with Gasteiger partial charge >= 0.3 is 5.88 Å². The second-order valence-electron chi connectivity index (χ2n) is 5.24. The van der Waals surface area contributed by atoms with Gasteiger partial charge < -0.3 is 0 Å². The number of aryl methyl sites for hydroxylation is 1. The fraction of sp³-hybridized carbons (Fsp3) is 0.118. The fourth-order valence-corrected chi connectivity index (χ4v) is 3.00. The molecule has 0 saturated carbocycles. The van der Waals surface area contributed by atoms with Crippen molar-refractivity contribution < 1.29 is 14.0 Å². The van der Waals surface area contributed by atoms with Gasteiger partial charge in [0.25, 0.3) is 6.20 Å². The van der Waals surface area contributed by atoms with Gasteiger partial charge in [0.1, 0.15) is 11.1 Å². The highest BCUT2D eigenvalue weighted by atomic mass is 35.5. The van der Waals surface area contributed by atoms with Gasteiger partial charge in [0.15, 0.2) is 12.3 Å². The van der Waals surface area contributed by atoms with E-state index in [9.17, 15) is 10.1 Å². The van der Waals surface area contributed by atoms with Gasteiger partial charge in [-0.15, -0.1) is 0 Å². The summed E-state index contributed by atoms with van der Waals surface area (Å²) >= 11 is 7.08. The van der Waals surface area contributed by atoms with Crippen LogP contribution in [-0.4, -0.2) is 21.9 Å². The van der Waals surface area contributed by atoms with E-state index in [1.54, 1.807) is 37.5 Å². The van der Waals surface area contributed by atoms with Crippen molar-refractivity contribution in [2.75, 3.05) is 11.1 Å². The van der Waals surface area contributed by atoms with E-state index in [0.717, 1.165) is 5.56 Å². The van der Waals surface area contributed by atoms with E-state index >= 15 is 0 Å².